The van der Waals surface area contributed by atoms with Crippen LogP contribution in [0.25, 0.3) is 0 Å². The van der Waals surface area contributed by atoms with E-state index in [4.69, 9.17) is 10.5 Å². The normalized spacial score (nSPS) is 23.0. The summed E-state index contributed by atoms with van der Waals surface area (Å²) in [5.41, 5.74) is 7.35. The third-order valence-corrected chi connectivity index (χ3v) is 5.45. The lowest BCUT2D eigenvalue weighted by Crippen LogP contribution is -2.54. The Morgan fingerprint density at radius 1 is 1.12 bits per heavy atom. The number of hydrogen-bond donors (Lipinski definition) is 1. The van der Waals surface area contributed by atoms with Gasteiger partial charge in [0.1, 0.15) is 0 Å². The first-order chi connectivity index (χ1) is 11.7. The van der Waals surface area contributed by atoms with Crippen LogP contribution in [0.4, 0.5) is 0 Å². The summed E-state index contributed by atoms with van der Waals surface area (Å²) in [4.78, 5) is 17.3. The number of piperazine rings is 1. The summed E-state index contributed by atoms with van der Waals surface area (Å²) in [6, 6.07) is 10.3. The van der Waals surface area contributed by atoms with E-state index < -0.39 is 0 Å². The molecule has 0 aliphatic carbocycles. The lowest BCUT2D eigenvalue weighted by atomic mass is 9.94. The van der Waals surface area contributed by atoms with Crippen LogP contribution in [0.3, 0.4) is 0 Å². The Labute approximate surface area is 144 Å². The van der Waals surface area contributed by atoms with Gasteiger partial charge in [-0.2, -0.15) is 0 Å². The van der Waals surface area contributed by atoms with E-state index in [0.29, 0.717) is 6.04 Å². The molecule has 3 rings (SSSR count). The minimum absolute atomic E-state index is 0.179. The highest BCUT2D eigenvalue weighted by Gasteiger charge is 2.31. The van der Waals surface area contributed by atoms with Crippen molar-refractivity contribution in [2.75, 3.05) is 39.4 Å². The molecule has 2 saturated heterocycles. The van der Waals surface area contributed by atoms with Gasteiger partial charge >= 0.3 is 0 Å². The summed E-state index contributed by atoms with van der Waals surface area (Å²) in [6.45, 7) is 7.22. The number of benzene rings is 1. The summed E-state index contributed by atoms with van der Waals surface area (Å²) in [5, 5.41) is 0. The maximum Gasteiger partial charge on any atom is 0.227 e. The van der Waals surface area contributed by atoms with E-state index in [9.17, 15) is 4.79 Å². The largest absolute Gasteiger partial charge is 0.381 e. The van der Waals surface area contributed by atoms with Crippen LogP contribution in [-0.2, 0) is 9.53 Å². The molecule has 0 radical (unpaired) electrons. The average molecular weight is 331 g/mol. The van der Waals surface area contributed by atoms with E-state index in [0.717, 1.165) is 57.8 Å². The summed E-state index contributed by atoms with van der Waals surface area (Å²) in [6.07, 6.45) is 2.23. The maximum absolute atomic E-state index is 12.8. The first kappa shape index (κ1) is 17.4. The molecular formula is C19H29N3O2. The number of carbonyl (C=O) groups excluding carboxylic acids is 1. The van der Waals surface area contributed by atoms with Gasteiger partial charge in [0.05, 0.1) is 5.92 Å². The van der Waals surface area contributed by atoms with Crippen molar-refractivity contribution in [2.45, 2.75) is 31.8 Å². The molecular weight excluding hydrogens is 302 g/mol. The van der Waals surface area contributed by atoms with E-state index in [1.165, 1.54) is 0 Å². The van der Waals surface area contributed by atoms with Crippen molar-refractivity contribution in [1.82, 2.24) is 9.80 Å². The van der Waals surface area contributed by atoms with Gasteiger partial charge in [-0.3, -0.25) is 9.69 Å². The number of nitrogens with two attached hydrogens (primary N) is 1. The fourth-order valence-electron chi connectivity index (χ4n) is 3.76. The third kappa shape index (κ3) is 3.97. The number of hydrogen-bond acceptors (Lipinski definition) is 4. The van der Waals surface area contributed by atoms with E-state index in [-0.39, 0.29) is 17.9 Å². The molecule has 2 aliphatic heterocycles. The summed E-state index contributed by atoms with van der Waals surface area (Å²) < 4.78 is 5.44. The number of amides is 1. The second-order valence-electron chi connectivity index (χ2n) is 6.93. The monoisotopic (exact) mass is 331 g/mol. The summed E-state index contributed by atoms with van der Waals surface area (Å²) in [5.74, 6) is -0.0139. The van der Waals surface area contributed by atoms with Crippen molar-refractivity contribution in [3.05, 3.63) is 35.9 Å². The van der Waals surface area contributed by atoms with Crippen molar-refractivity contribution < 1.29 is 9.53 Å². The van der Waals surface area contributed by atoms with Crippen molar-refractivity contribution in [3.63, 3.8) is 0 Å². The number of carbonyl (C=O) groups is 1. The predicted molar refractivity (Wildman–Crippen MR) is 94.5 cm³/mol. The van der Waals surface area contributed by atoms with Crippen LogP contribution < -0.4 is 5.73 Å². The number of ether oxygens (including phenoxy) is 1. The van der Waals surface area contributed by atoms with Crippen molar-refractivity contribution in [1.29, 1.82) is 0 Å². The van der Waals surface area contributed by atoms with Gasteiger partial charge in [-0.1, -0.05) is 37.3 Å². The highest BCUT2D eigenvalue weighted by molar-refractivity contribution is 5.79. The molecule has 1 amide bonds. The molecule has 1 aromatic rings. The van der Waals surface area contributed by atoms with Crippen LogP contribution in [0.5, 0.6) is 0 Å². The van der Waals surface area contributed by atoms with E-state index in [1.807, 2.05) is 42.2 Å². The molecule has 0 bridgehead atoms. The van der Waals surface area contributed by atoms with Gasteiger partial charge in [0.2, 0.25) is 5.91 Å². The molecule has 1 aromatic carbocycles. The quantitative estimate of drug-likeness (QED) is 0.911. The van der Waals surface area contributed by atoms with Gasteiger partial charge in [-0.05, 0) is 18.4 Å². The molecule has 0 saturated carbocycles. The number of rotatable bonds is 4. The molecule has 0 spiro atoms. The SMILES string of the molecule is CC(C(=O)N1CCN(C2CCOCC2)CC1)C(N)c1ccccc1. The molecule has 5 heteroatoms. The Hall–Kier alpha value is -1.43. The van der Waals surface area contributed by atoms with Crippen LogP contribution in [0.15, 0.2) is 30.3 Å². The van der Waals surface area contributed by atoms with Crippen LogP contribution in [-0.4, -0.2) is 61.1 Å². The summed E-state index contributed by atoms with van der Waals surface area (Å²) >= 11 is 0. The zero-order valence-electron chi connectivity index (χ0n) is 14.6. The molecule has 2 heterocycles. The lowest BCUT2D eigenvalue weighted by molar-refractivity contribution is -0.138. The fraction of sp³-hybridized carbons (Fsp3) is 0.632. The topological polar surface area (TPSA) is 58.8 Å². The molecule has 2 unspecified atom stereocenters. The first-order valence-corrected chi connectivity index (χ1v) is 9.08. The average Bonchev–Trinajstić information content (AvgIpc) is 2.68. The standard InChI is InChI=1S/C19H29N3O2/c1-15(18(20)16-5-3-2-4-6-16)19(23)22-11-9-21(10-12-22)17-7-13-24-14-8-17/h2-6,15,17-18H,7-14,20H2,1H3. The maximum atomic E-state index is 12.8. The highest BCUT2D eigenvalue weighted by atomic mass is 16.5. The molecule has 132 valence electrons. The Morgan fingerprint density at radius 2 is 1.75 bits per heavy atom. The Balaban J connectivity index is 1.52. The zero-order valence-corrected chi connectivity index (χ0v) is 14.6. The zero-order chi connectivity index (χ0) is 16.9. The predicted octanol–water partition coefficient (Wildman–Crippen LogP) is 1.65. The van der Waals surface area contributed by atoms with Gasteiger partial charge in [0.15, 0.2) is 0 Å². The fourth-order valence-corrected chi connectivity index (χ4v) is 3.76. The molecule has 2 atom stereocenters. The van der Waals surface area contributed by atoms with E-state index in [1.54, 1.807) is 0 Å². The summed E-state index contributed by atoms with van der Waals surface area (Å²) in [7, 11) is 0. The van der Waals surface area contributed by atoms with Crippen LogP contribution in [0, 0.1) is 5.92 Å². The first-order valence-electron chi connectivity index (χ1n) is 9.08. The molecule has 0 aromatic heterocycles. The van der Waals surface area contributed by atoms with E-state index in [2.05, 4.69) is 4.90 Å². The minimum atomic E-state index is -0.243. The highest BCUT2D eigenvalue weighted by Crippen LogP contribution is 2.23. The van der Waals surface area contributed by atoms with Gasteiger partial charge in [0, 0.05) is 51.5 Å². The molecule has 5 nitrogen and oxygen atoms in total. The van der Waals surface area contributed by atoms with Crippen LogP contribution in [0.1, 0.15) is 31.4 Å². The number of nitrogens with zero attached hydrogens (tertiary/aromatic N) is 2. The van der Waals surface area contributed by atoms with Gasteiger partial charge < -0.3 is 15.4 Å². The van der Waals surface area contributed by atoms with Crippen molar-refractivity contribution >= 4 is 5.91 Å². The smallest absolute Gasteiger partial charge is 0.227 e. The van der Waals surface area contributed by atoms with Crippen LogP contribution >= 0.6 is 0 Å². The third-order valence-electron chi connectivity index (χ3n) is 5.45. The molecule has 2 fully saturated rings. The van der Waals surface area contributed by atoms with Gasteiger partial charge in [-0.15, -0.1) is 0 Å². The molecule has 2 N–H and O–H groups in total. The van der Waals surface area contributed by atoms with E-state index >= 15 is 0 Å². The second kappa shape index (κ2) is 8.10. The molecule has 2 aliphatic rings. The van der Waals surface area contributed by atoms with Crippen molar-refractivity contribution in [2.24, 2.45) is 11.7 Å². The van der Waals surface area contributed by atoms with Crippen molar-refractivity contribution in [3.8, 4) is 0 Å². The van der Waals surface area contributed by atoms with Crippen LogP contribution in [0.2, 0.25) is 0 Å². The second-order valence-corrected chi connectivity index (χ2v) is 6.93. The van der Waals surface area contributed by atoms with Gasteiger partial charge in [0.25, 0.3) is 0 Å². The Kier molecular flexibility index (Phi) is 5.87. The Bertz CT molecular complexity index is 523. The molecule has 24 heavy (non-hydrogen) atoms. The van der Waals surface area contributed by atoms with Gasteiger partial charge in [-0.25, -0.2) is 0 Å². The lowest BCUT2D eigenvalue weighted by Gasteiger charge is -2.41. The minimum Gasteiger partial charge on any atom is -0.381 e. The Morgan fingerprint density at radius 3 is 2.38 bits per heavy atom.